The third-order valence-electron chi connectivity index (χ3n) is 3.84. The van der Waals surface area contributed by atoms with Gasteiger partial charge in [0.05, 0.1) is 18.1 Å². The lowest BCUT2D eigenvalue weighted by Crippen LogP contribution is -2.16. The van der Waals surface area contributed by atoms with Crippen molar-refractivity contribution in [3.8, 4) is 16.9 Å². The van der Waals surface area contributed by atoms with E-state index in [-0.39, 0.29) is 22.3 Å². The summed E-state index contributed by atoms with van der Waals surface area (Å²) >= 11 is 5.77. The van der Waals surface area contributed by atoms with Crippen LogP contribution in [0.4, 0.5) is 13.2 Å². The van der Waals surface area contributed by atoms with Crippen LogP contribution in [-0.2, 0) is 15.7 Å². The van der Waals surface area contributed by atoms with Crippen LogP contribution in [0, 0.1) is 0 Å². The number of alkyl halides is 3. The molecule has 0 radical (unpaired) electrons. The molecule has 0 amide bonds. The zero-order chi connectivity index (χ0) is 20.5. The topological polar surface area (TPSA) is 65.7 Å². The maximum absolute atomic E-state index is 13.6. The lowest BCUT2D eigenvalue weighted by Gasteiger charge is -2.13. The number of hydrogen-bond donors (Lipinski definition) is 0. The van der Waals surface area contributed by atoms with Crippen LogP contribution in [0.15, 0.2) is 51.7 Å². The van der Waals surface area contributed by atoms with Crippen LogP contribution in [0.2, 0.25) is 5.02 Å². The number of halogens is 4. The summed E-state index contributed by atoms with van der Waals surface area (Å²) in [6, 6.07) is 9.11. The van der Waals surface area contributed by atoms with E-state index in [1.165, 1.54) is 43.5 Å². The van der Waals surface area contributed by atoms with Gasteiger partial charge in [0.1, 0.15) is 11.3 Å². The van der Waals surface area contributed by atoms with Crippen LogP contribution in [0.1, 0.15) is 5.76 Å². The molecule has 3 aromatic rings. The summed E-state index contributed by atoms with van der Waals surface area (Å²) in [6.07, 6.45) is -4.91. The molecule has 0 bridgehead atoms. The molecule has 0 fully saturated rings. The molecule has 0 N–H and O–H groups in total. The van der Waals surface area contributed by atoms with Crippen LogP contribution < -0.4 is 10.2 Å². The number of carbonyl (C=O) groups excluding carboxylic acids is 1. The van der Waals surface area contributed by atoms with Crippen LogP contribution in [0.25, 0.3) is 22.1 Å². The Balaban J connectivity index is 2.18. The number of benzene rings is 2. The number of ether oxygens (including phenoxy) is 2. The molecule has 146 valence electrons. The van der Waals surface area contributed by atoms with Crippen molar-refractivity contribution in [2.24, 2.45) is 0 Å². The van der Waals surface area contributed by atoms with Gasteiger partial charge in [-0.25, -0.2) is 4.79 Å². The Morgan fingerprint density at radius 2 is 1.82 bits per heavy atom. The van der Waals surface area contributed by atoms with Gasteiger partial charge in [-0.15, -0.1) is 0 Å². The van der Waals surface area contributed by atoms with E-state index in [2.05, 4.69) is 4.74 Å². The second kappa shape index (κ2) is 7.55. The van der Waals surface area contributed by atoms with E-state index in [1.807, 2.05) is 0 Å². The second-order valence-corrected chi connectivity index (χ2v) is 6.10. The van der Waals surface area contributed by atoms with Gasteiger partial charge in [0, 0.05) is 11.1 Å². The smallest absolute Gasteiger partial charge is 0.450 e. The monoisotopic (exact) mass is 412 g/mol. The van der Waals surface area contributed by atoms with Gasteiger partial charge in [0.15, 0.2) is 6.61 Å². The highest BCUT2D eigenvalue weighted by Crippen LogP contribution is 2.38. The van der Waals surface area contributed by atoms with Crippen molar-refractivity contribution >= 4 is 28.5 Å². The molecule has 5 nitrogen and oxygen atoms in total. The normalized spacial score (nSPS) is 11.5. The predicted octanol–water partition coefficient (Wildman–Crippen LogP) is 4.68. The Morgan fingerprint density at radius 3 is 2.43 bits per heavy atom. The first-order chi connectivity index (χ1) is 13.2. The molecule has 9 heteroatoms. The molecule has 1 heterocycles. The summed E-state index contributed by atoms with van der Waals surface area (Å²) in [5, 5.41) is 0.248. The van der Waals surface area contributed by atoms with Crippen molar-refractivity contribution in [1.82, 2.24) is 0 Å². The van der Waals surface area contributed by atoms with E-state index in [0.29, 0.717) is 5.02 Å². The van der Waals surface area contributed by atoms with E-state index in [4.69, 9.17) is 20.8 Å². The first kappa shape index (κ1) is 19.8. The zero-order valence-corrected chi connectivity index (χ0v) is 15.1. The van der Waals surface area contributed by atoms with Gasteiger partial charge in [-0.3, -0.25) is 4.79 Å². The first-order valence-corrected chi connectivity index (χ1v) is 8.22. The van der Waals surface area contributed by atoms with Crippen LogP contribution in [0.3, 0.4) is 0 Å². The molecule has 1 aromatic heterocycles. The average Bonchev–Trinajstić information content (AvgIpc) is 2.66. The second-order valence-electron chi connectivity index (χ2n) is 5.66. The van der Waals surface area contributed by atoms with Crippen molar-refractivity contribution in [3.63, 3.8) is 0 Å². The molecule has 2 aromatic carbocycles. The Hall–Kier alpha value is -3.00. The number of carbonyl (C=O) groups is 1. The summed E-state index contributed by atoms with van der Waals surface area (Å²) in [5.74, 6) is -2.05. The van der Waals surface area contributed by atoms with Gasteiger partial charge in [-0.05, 0) is 29.8 Å². The first-order valence-electron chi connectivity index (χ1n) is 7.84. The molecule has 28 heavy (non-hydrogen) atoms. The molecule has 0 unspecified atom stereocenters. The fourth-order valence-corrected chi connectivity index (χ4v) is 2.67. The third kappa shape index (κ3) is 3.96. The molecule has 0 spiro atoms. The molecule has 0 aliphatic heterocycles. The summed E-state index contributed by atoms with van der Waals surface area (Å²) in [6.45, 7) is -0.443. The molecular weight excluding hydrogens is 401 g/mol. The molecule has 0 aliphatic carbocycles. The summed E-state index contributed by atoms with van der Waals surface area (Å²) in [4.78, 5) is 23.9. The Morgan fingerprint density at radius 1 is 1.14 bits per heavy atom. The number of esters is 1. The van der Waals surface area contributed by atoms with Gasteiger partial charge in [-0.2, -0.15) is 13.2 Å². The Kier molecular flexibility index (Phi) is 5.33. The van der Waals surface area contributed by atoms with E-state index in [9.17, 15) is 22.8 Å². The number of hydrogen-bond acceptors (Lipinski definition) is 5. The Labute approximate surface area is 161 Å². The highest BCUT2D eigenvalue weighted by Gasteiger charge is 2.39. The average molecular weight is 413 g/mol. The molecular formula is C19H12ClF3O5. The molecule has 0 atom stereocenters. The fraction of sp³-hybridized carbons (Fsp3) is 0.158. The molecule has 0 aliphatic rings. The SMILES string of the molecule is COC(=O)COc1ccc2c(=O)c(-c3ccc(Cl)cc3)c(C(F)(F)F)oc2c1. The van der Waals surface area contributed by atoms with Gasteiger partial charge < -0.3 is 13.9 Å². The van der Waals surface area contributed by atoms with Crippen molar-refractivity contribution in [2.45, 2.75) is 6.18 Å². The number of fused-ring (bicyclic) bond motifs is 1. The van der Waals surface area contributed by atoms with Crippen molar-refractivity contribution in [1.29, 1.82) is 0 Å². The predicted molar refractivity (Wildman–Crippen MR) is 95.4 cm³/mol. The largest absolute Gasteiger partial charge is 0.482 e. The van der Waals surface area contributed by atoms with E-state index >= 15 is 0 Å². The van der Waals surface area contributed by atoms with Crippen molar-refractivity contribution < 1.29 is 31.9 Å². The molecule has 0 saturated carbocycles. The highest BCUT2D eigenvalue weighted by atomic mass is 35.5. The van der Waals surface area contributed by atoms with Crippen LogP contribution in [0.5, 0.6) is 5.75 Å². The van der Waals surface area contributed by atoms with E-state index in [1.54, 1.807) is 0 Å². The minimum atomic E-state index is -4.91. The standard InChI is InChI=1S/C19H12ClF3O5/c1-26-15(24)9-27-12-6-7-13-14(8-12)28-18(19(21,22)23)16(17(13)25)10-2-4-11(20)5-3-10/h2-8H,9H2,1H3. The van der Waals surface area contributed by atoms with E-state index in [0.717, 1.165) is 6.07 Å². The zero-order valence-electron chi connectivity index (χ0n) is 14.3. The minimum Gasteiger partial charge on any atom is -0.482 e. The van der Waals surface area contributed by atoms with Gasteiger partial charge in [0.25, 0.3) is 0 Å². The summed E-state index contributed by atoms with van der Waals surface area (Å²) < 4.78 is 55.3. The highest BCUT2D eigenvalue weighted by molar-refractivity contribution is 6.30. The Bertz CT molecular complexity index is 1090. The number of rotatable bonds is 4. The van der Waals surface area contributed by atoms with Crippen molar-refractivity contribution in [2.75, 3.05) is 13.7 Å². The van der Waals surface area contributed by atoms with Crippen LogP contribution in [-0.4, -0.2) is 19.7 Å². The van der Waals surface area contributed by atoms with Crippen LogP contribution >= 0.6 is 11.6 Å². The minimum absolute atomic E-state index is 0.0263. The van der Waals surface area contributed by atoms with Gasteiger partial charge in [0.2, 0.25) is 11.2 Å². The summed E-state index contributed by atoms with van der Waals surface area (Å²) in [5.41, 5.74) is -1.76. The molecule has 0 saturated heterocycles. The lowest BCUT2D eigenvalue weighted by molar-refractivity contribution is -0.152. The van der Waals surface area contributed by atoms with Gasteiger partial charge >= 0.3 is 12.1 Å². The third-order valence-corrected chi connectivity index (χ3v) is 4.09. The molecule has 3 rings (SSSR count). The lowest BCUT2D eigenvalue weighted by atomic mass is 10.0. The van der Waals surface area contributed by atoms with Gasteiger partial charge in [-0.1, -0.05) is 23.7 Å². The van der Waals surface area contributed by atoms with Crippen molar-refractivity contribution in [3.05, 3.63) is 63.5 Å². The fourth-order valence-electron chi connectivity index (χ4n) is 2.54. The maximum Gasteiger partial charge on any atom is 0.450 e. The van der Waals surface area contributed by atoms with E-state index < -0.39 is 35.5 Å². The number of methoxy groups -OCH3 is 1. The maximum atomic E-state index is 13.6. The summed E-state index contributed by atoms with van der Waals surface area (Å²) in [7, 11) is 1.17. The quantitative estimate of drug-likeness (QED) is 0.582.